The van der Waals surface area contributed by atoms with Gasteiger partial charge in [0.25, 0.3) is 5.91 Å². The van der Waals surface area contributed by atoms with E-state index in [1.165, 1.54) is 5.56 Å². The second-order valence-electron chi connectivity index (χ2n) is 7.72. The number of carbonyl (C=O) groups excluding carboxylic acids is 2. The number of anilines is 1. The van der Waals surface area contributed by atoms with E-state index in [2.05, 4.69) is 22.5 Å². The standard InChI is InChI=1S/C23H29N3O2/c1-17-7-9-19(10-8-17)15-24-23(28)20-5-3-4-6-21(20)25-22(27)16-26-13-11-18(2)12-14-26/h3-10,18H,11-16H2,1-2H3,(H,24,28)(H,25,27). The molecule has 2 amide bonds. The zero-order chi connectivity index (χ0) is 19.9. The van der Waals surface area contributed by atoms with E-state index in [9.17, 15) is 9.59 Å². The van der Waals surface area contributed by atoms with E-state index in [4.69, 9.17) is 0 Å². The van der Waals surface area contributed by atoms with Crippen LogP contribution >= 0.6 is 0 Å². The van der Waals surface area contributed by atoms with E-state index < -0.39 is 0 Å². The first-order valence-corrected chi connectivity index (χ1v) is 9.96. The van der Waals surface area contributed by atoms with Crippen LogP contribution in [-0.2, 0) is 11.3 Å². The molecule has 0 saturated carbocycles. The summed E-state index contributed by atoms with van der Waals surface area (Å²) in [4.78, 5) is 27.3. The van der Waals surface area contributed by atoms with Gasteiger partial charge in [-0.3, -0.25) is 14.5 Å². The monoisotopic (exact) mass is 379 g/mol. The zero-order valence-electron chi connectivity index (χ0n) is 16.7. The van der Waals surface area contributed by atoms with Gasteiger partial charge in [0, 0.05) is 6.54 Å². The first kappa shape index (κ1) is 20.1. The molecule has 5 heteroatoms. The van der Waals surface area contributed by atoms with E-state index in [-0.39, 0.29) is 11.8 Å². The fourth-order valence-corrected chi connectivity index (χ4v) is 3.39. The maximum absolute atomic E-state index is 12.6. The second-order valence-corrected chi connectivity index (χ2v) is 7.72. The number of carbonyl (C=O) groups is 2. The Morgan fingerprint density at radius 2 is 1.71 bits per heavy atom. The van der Waals surface area contributed by atoms with Crippen LogP contribution in [0.4, 0.5) is 5.69 Å². The molecule has 0 spiro atoms. The summed E-state index contributed by atoms with van der Waals surface area (Å²) in [5, 5.41) is 5.85. The number of nitrogens with zero attached hydrogens (tertiary/aromatic N) is 1. The average molecular weight is 380 g/mol. The third-order valence-electron chi connectivity index (χ3n) is 5.26. The molecule has 0 aromatic heterocycles. The van der Waals surface area contributed by atoms with Gasteiger partial charge in [-0.2, -0.15) is 0 Å². The highest BCUT2D eigenvalue weighted by Crippen LogP contribution is 2.18. The minimum absolute atomic E-state index is 0.0756. The summed E-state index contributed by atoms with van der Waals surface area (Å²) in [7, 11) is 0. The molecule has 1 aliphatic heterocycles. The molecule has 0 unspecified atom stereocenters. The number of amides is 2. The van der Waals surface area contributed by atoms with Crippen molar-refractivity contribution in [1.29, 1.82) is 0 Å². The Labute approximate surface area is 167 Å². The summed E-state index contributed by atoms with van der Waals surface area (Å²) >= 11 is 0. The van der Waals surface area contributed by atoms with Gasteiger partial charge >= 0.3 is 0 Å². The first-order valence-electron chi connectivity index (χ1n) is 9.96. The van der Waals surface area contributed by atoms with Crippen LogP contribution in [0, 0.1) is 12.8 Å². The molecular weight excluding hydrogens is 350 g/mol. The lowest BCUT2D eigenvalue weighted by atomic mass is 9.99. The van der Waals surface area contributed by atoms with Gasteiger partial charge in [0.2, 0.25) is 5.91 Å². The van der Waals surface area contributed by atoms with Gasteiger partial charge in [-0.25, -0.2) is 0 Å². The summed E-state index contributed by atoms with van der Waals surface area (Å²) in [5.74, 6) is 0.467. The van der Waals surface area contributed by atoms with Crippen LogP contribution in [0.5, 0.6) is 0 Å². The lowest BCUT2D eigenvalue weighted by Gasteiger charge is -2.29. The number of aryl methyl sites for hydroxylation is 1. The molecule has 2 aromatic carbocycles. The van der Waals surface area contributed by atoms with Crippen molar-refractivity contribution in [3.05, 3.63) is 65.2 Å². The quantitative estimate of drug-likeness (QED) is 0.806. The Bertz CT molecular complexity index is 809. The molecule has 5 nitrogen and oxygen atoms in total. The van der Waals surface area contributed by atoms with Crippen LogP contribution in [0.3, 0.4) is 0 Å². The number of para-hydroxylation sites is 1. The van der Waals surface area contributed by atoms with Crippen LogP contribution in [0.2, 0.25) is 0 Å². The van der Waals surface area contributed by atoms with Crippen molar-refractivity contribution in [2.24, 2.45) is 5.92 Å². The molecule has 28 heavy (non-hydrogen) atoms. The van der Waals surface area contributed by atoms with Gasteiger partial charge in [-0.15, -0.1) is 0 Å². The predicted octanol–water partition coefficient (Wildman–Crippen LogP) is 3.60. The molecule has 0 radical (unpaired) electrons. The summed E-state index contributed by atoms with van der Waals surface area (Å²) in [6.07, 6.45) is 2.26. The third-order valence-corrected chi connectivity index (χ3v) is 5.26. The molecular formula is C23H29N3O2. The molecule has 0 atom stereocenters. The number of likely N-dealkylation sites (tertiary alicyclic amines) is 1. The minimum atomic E-state index is -0.191. The van der Waals surface area contributed by atoms with Gasteiger partial charge in [-0.1, -0.05) is 48.9 Å². The first-order chi connectivity index (χ1) is 13.5. The fourth-order valence-electron chi connectivity index (χ4n) is 3.39. The smallest absolute Gasteiger partial charge is 0.253 e. The molecule has 1 saturated heterocycles. The Morgan fingerprint density at radius 3 is 2.43 bits per heavy atom. The minimum Gasteiger partial charge on any atom is -0.348 e. The van der Waals surface area contributed by atoms with Gasteiger partial charge in [0.1, 0.15) is 0 Å². The van der Waals surface area contributed by atoms with E-state index in [1.54, 1.807) is 12.1 Å². The Balaban J connectivity index is 1.57. The van der Waals surface area contributed by atoms with E-state index >= 15 is 0 Å². The van der Waals surface area contributed by atoms with Gasteiger partial charge in [0.15, 0.2) is 0 Å². The molecule has 2 N–H and O–H groups in total. The molecule has 3 rings (SSSR count). The number of hydrogen-bond acceptors (Lipinski definition) is 3. The molecule has 1 fully saturated rings. The van der Waals surface area contributed by atoms with Gasteiger partial charge in [0.05, 0.1) is 17.8 Å². The Morgan fingerprint density at radius 1 is 1.04 bits per heavy atom. The summed E-state index contributed by atoms with van der Waals surface area (Å²) in [5.41, 5.74) is 3.26. The van der Waals surface area contributed by atoms with Crippen molar-refractivity contribution in [2.75, 3.05) is 25.0 Å². The van der Waals surface area contributed by atoms with Crippen LogP contribution in [0.1, 0.15) is 41.3 Å². The van der Waals surface area contributed by atoms with E-state index in [0.717, 1.165) is 37.4 Å². The van der Waals surface area contributed by atoms with E-state index in [1.807, 2.05) is 43.3 Å². The van der Waals surface area contributed by atoms with Crippen LogP contribution in [0.15, 0.2) is 48.5 Å². The third kappa shape index (κ3) is 5.67. The maximum Gasteiger partial charge on any atom is 0.253 e. The molecule has 0 bridgehead atoms. The maximum atomic E-state index is 12.6. The van der Waals surface area contributed by atoms with Crippen LogP contribution in [0.25, 0.3) is 0 Å². The molecule has 0 aliphatic carbocycles. The average Bonchev–Trinajstić information content (AvgIpc) is 2.69. The van der Waals surface area contributed by atoms with Crippen molar-refractivity contribution in [1.82, 2.24) is 10.2 Å². The summed E-state index contributed by atoms with van der Waals surface area (Å²) in [6.45, 7) is 7.01. The van der Waals surface area contributed by atoms with Crippen molar-refractivity contribution in [3.63, 3.8) is 0 Å². The fraction of sp³-hybridized carbons (Fsp3) is 0.391. The molecule has 1 aliphatic rings. The van der Waals surface area contributed by atoms with Crippen molar-refractivity contribution >= 4 is 17.5 Å². The normalized spacial score (nSPS) is 15.2. The second kappa shape index (κ2) is 9.51. The number of nitrogens with one attached hydrogen (secondary N) is 2. The predicted molar refractivity (Wildman–Crippen MR) is 112 cm³/mol. The summed E-state index contributed by atoms with van der Waals surface area (Å²) in [6, 6.07) is 15.2. The van der Waals surface area contributed by atoms with Crippen molar-refractivity contribution < 1.29 is 9.59 Å². The van der Waals surface area contributed by atoms with Crippen LogP contribution < -0.4 is 10.6 Å². The number of hydrogen-bond donors (Lipinski definition) is 2. The highest BCUT2D eigenvalue weighted by molar-refractivity contribution is 6.04. The number of piperidine rings is 1. The topological polar surface area (TPSA) is 61.4 Å². The number of benzene rings is 2. The van der Waals surface area contributed by atoms with Crippen molar-refractivity contribution in [2.45, 2.75) is 33.2 Å². The Hall–Kier alpha value is -2.66. The van der Waals surface area contributed by atoms with Crippen molar-refractivity contribution in [3.8, 4) is 0 Å². The highest BCUT2D eigenvalue weighted by Gasteiger charge is 2.19. The highest BCUT2D eigenvalue weighted by atomic mass is 16.2. The zero-order valence-corrected chi connectivity index (χ0v) is 16.7. The molecule has 148 valence electrons. The molecule has 2 aromatic rings. The number of rotatable bonds is 6. The van der Waals surface area contributed by atoms with E-state index in [0.29, 0.717) is 24.3 Å². The lowest BCUT2D eigenvalue weighted by Crippen LogP contribution is -2.39. The summed E-state index contributed by atoms with van der Waals surface area (Å²) < 4.78 is 0. The lowest BCUT2D eigenvalue weighted by molar-refractivity contribution is -0.117. The van der Waals surface area contributed by atoms with Gasteiger partial charge in [-0.05, 0) is 56.5 Å². The van der Waals surface area contributed by atoms with Gasteiger partial charge < -0.3 is 10.6 Å². The SMILES string of the molecule is Cc1ccc(CNC(=O)c2ccccc2NC(=O)CN2CCC(C)CC2)cc1. The van der Waals surface area contributed by atoms with Crippen LogP contribution in [-0.4, -0.2) is 36.3 Å². The Kier molecular flexibility index (Phi) is 6.82. The molecule has 1 heterocycles. The largest absolute Gasteiger partial charge is 0.348 e.